The van der Waals surface area contributed by atoms with Crippen LogP contribution in [0.5, 0.6) is 0 Å². The van der Waals surface area contributed by atoms with Gasteiger partial charge in [0.15, 0.2) is 0 Å². The average molecular weight is 764 g/mol. The molecule has 0 fully saturated rings. The van der Waals surface area contributed by atoms with Gasteiger partial charge in [-0.25, -0.2) is 0 Å². The molecule has 0 atom stereocenters. The first kappa shape index (κ1) is 34.1. The lowest BCUT2D eigenvalue weighted by molar-refractivity contribution is 0.672. The van der Waals surface area contributed by atoms with Gasteiger partial charge in [0.1, 0.15) is 11.2 Å². The Bertz CT molecular complexity index is 3580. The zero-order chi connectivity index (χ0) is 39.6. The van der Waals surface area contributed by atoms with E-state index in [1.165, 1.54) is 65.5 Å². The van der Waals surface area contributed by atoms with E-state index in [-0.39, 0.29) is 0 Å². The van der Waals surface area contributed by atoms with Crippen LogP contribution < -0.4 is 4.90 Å². The van der Waals surface area contributed by atoms with Gasteiger partial charge in [0.05, 0.1) is 16.8 Å². The molecule has 0 unspecified atom stereocenters. The number of hydrogen-bond acceptors (Lipinski definition) is 2. The summed E-state index contributed by atoms with van der Waals surface area (Å²) in [7, 11) is 0. The minimum absolute atomic E-state index is 0.869. The lowest BCUT2D eigenvalue weighted by Crippen LogP contribution is -2.10. The maximum absolute atomic E-state index is 6.71. The monoisotopic (exact) mass is 763 g/mol. The number of anilines is 3. The van der Waals surface area contributed by atoms with E-state index in [1.54, 1.807) is 0 Å². The van der Waals surface area contributed by atoms with Gasteiger partial charge in [-0.1, -0.05) is 182 Å². The molecule has 0 radical (unpaired) electrons. The van der Waals surface area contributed by atoms with Crippen molar-refractivity contribution in [3.63, 3.8) is 0 Å². The van der Waals surface area contributed by atoms with Crippen LogP contribution in [0.1, 0.15) is 0 Å². The first-order valence-corrected chi connectivity index (χ1v) is 20.6. The summed E-state index contributed by atoms with van der Waals surface area (Å²) >= 11 is 0. The normalized spacial score (nSPS) is 11.7. The van der Waals surface area contributed by atoms with Crippen LogP contribution in [0.4, 0.5) is 17.1 Å². The Labute approximate surface area is 347 Å². The van der Waals surface area contributed by atoms with Crippen LogP contribution >= 0.6 is 0 Å². The van der Waals surface area contributed by atoms with E-state index < -0.39 is 0 Å². The molecule has 0 saturated heterocycles. The molecule has 11 aromatic carbocycles. The second-order valence-electron chi connectivity index (χ2n) is 15.6. The van der Waals surface area contributed by atoms with Gasteiger partial charge in [0, 0.05) is 21.8 Å². The van der Waals surface area contributed by atoms with Crippen LogP contribution in [0.2, 0.25) is 0 Å². The van der Waals surface area contributed by atoms with Crippen LogP contribution in [0.3, 0.4) is 0 Å². The highest BCUT2D eigenvalue weighted by molar-refractivity contribution is 6.23. The Balaban J connectivity index is 1.06. The number of fused-ring (bicyclic) bond motifs is 9. The van der Waals surface area contributed by atoms with E-state index in [2.05, 4.69) is 229 Å². The topological polar surface area (TPSA) is 16.4 Å². The fourth-order valence-corrected chi connectivity index (χ4v) is 9.52. The molecule has 0 aliphatic carbocycles. The summed E-state index contributed by atoms with van der Waals surface area (Å²) in [4.78, 5) is 2.41. The highest BCUT2D eigenvalue weighted by atomic mass is 16.3. The number of benzene rings is 11. The number of hydrogen-bond donors (Lipinski definition) is 0. The SMILES string of the molecule is c1ccc(-c2c(-c3ccccc3)c3cc(-c4ccc(N(c5cccc6ccccc56)c5cccc6oc7c8ccccc8ccc7c56)cc4)ccc3c3ccccc23)cc1. The first-order valence-electron chi connectivity index (χ1n) is 20.6. The summed E-state index contributed by atoms with van der Waals surface area (Å²) in [5.41, 5.74) is 12.3. The molecule has 280 valence electrons. The predicted octanol–water partition coefficient (Wildman–Crippen LogP) is 16.7. The van der Waals surface area contributed by atoms with Gasteiger partial charge in [-0.15, -0.1) is 0 Å². The van der Waals surface area contributed by atoms with Crippen LogP contribution in [-0.4, -0.2) is 0 Å². The number of furan rings is 1. The zero-order valence-corrected chi connectivity index (χ0v) is 32.7. The van der Waals surface area contributed by atoms with E-state index >= 15 is 0 Å². The molecule has 0 amide bonds. The van der Waals surface area contributed by atoms with E-state index in [0.29, 0.717) is 0 Å². The van der Waals surface area contributed by atoms with E-state index in [4.69, 9.17) is 4.42 Å². The highest BCUT2D eigenvalue weighted by Gasteiger charge is 2.23. The molecule has 0 aliphatic rings. The van der Waals surface area contributed by atoms with Crippen LogP contribution in [0.15, 0.2) is 229 Å². The Hall–Kier alpha value is -7.94. The van der Waals surface area contributed by atoms with Crippen molar-refractivity contribution < 1.29 is 4.42 Å². The molecule has 0 aliphatic heterocycles. The summed E-state index contributed by atoms with van der Waals surface area (Å²) < 4.78 is 6.71. The molecule has 0 saturated carbocycles. The summed E-state index contributed by atoms with van der Waals surface area (Å²) in [6.45, 7) is 0. The van der Waals surface area contributed by atoms with Gasteiger partial charge in [0.25, 0.3) is 0 Å². The third-order valence-electron chi connectivity index (χ3n) is 12.2. The van der Waals surface area contributed by atoms with E-state index in [9.17, 15) is 0 Å². The van der Waals surface area contributed by atoms with Gasteiger partial charge in [-0.3, -0.25) is 0 Å². The van der Waals surface area contributed by atoms with Crippen LogP contribution in [0.25, 0.3) is 98.4 Å². The maximum Gasteiger partial charge on any atom is 0.143 e. The Morgan fingerprint density at radius 3 is 1.58 bits per heavy atom. The molecular formula is C58H37NO. The molecule has 0 spiro atoms. The molecule has 1 aromatic heterocycles. The Morgan fingerprint density at radius 2 is 0.833 bits per heavy atom. The fourth-order valence-electron chi connectivity index (χ4n) is 9.52. The largest absolute Gasteiger partial charge is 0.455 e. The molecule has 12 aromatic rings. The Morgan fingerprint density at radius 1 is 0.300 bits per heavy atom. The molecule has 2 nitrogen and oxygen atoms in total. The standard InChI is InChI=1S/C58H37NO/c1-3-17-41(18-4-1)55-49-25-12-11-24-47(49)48-35-32-43(37-51(48)56(55)42-19-5-2-6-20-42)38-29-33-44(34-30-38)59(52-26-13-21-39-15-7-9-22-45(39)52)53-27-14-28-54-57(53)50-36-31-40-16-8-10-23-46(40)58(50)60-54/h1-37H. The first-order chi connectivity index (χ1) is 29.8. The van der Waals surface area contributed by atoms with Crippen molar-refractivity contribution in [1.29, 1.82) is 0 Å². The molecule has 0 bridgehead atoms. The summed E-state index contributed by atoms with van der Waals surface area (Å²) in [6, 6.07) is 81.2. The lowest BCUT2D eigenvalue weighted by atomic mass is 9.84. The second-order valence-corrected chi connectivity index (χ2v) is 15.6. The van der Waals surface area contributed by atoms with Gasteiger partial charge in [-0.2, -0.15) is 0 Å². The summed E-state index contributed by atoms with van der Waals surface area (Å²) in [5, 5.41) is 11.9. The van der Waals surface area contributed by atoms with E-state index in [1.807, 2.05) is 0 Å². The third-order valence-corrected chi connectivity index (χ3v) is 12.2. The predicted molar refractivity (Wildman–Crippen MR) is 255 cm³/mol. The minimum atomic E-state index is 0.869. The molecule has 2 heteroatoms. The van der Waals surface area contributed by atoms with Crippen LogP contribution in [-0.2, 0) is 0 Å². The number of nitrogens with zero attached hydrogens (tertiary/aromatic N) is 1. The molecular weight excluding hydrogens is 727 g/mol. The van der Waals surface area contributed by atoms with Crippen molar-refractivity contribution in [2.45, 2.75) is 0 Å². The molecule has 60 heavy (non-hydrogen) atoms. The van der Waals surface area contributed by atoms with Crippen molar-refractivity contribution in [2.24, 2.45) is 0 Å². The van der Waals surface area contributed by atoms with Gasteiger partial charge < -0.3 is 9.32 Å². The second kappa shape index (κ2) is 13.9. The van der Waals surface area contributed by atoms with Crippen molar-refractivity contribution in [3.05, 3.63) is 224 Å². The van der Waals surface area contributed by atoms with Crippen molar-refractivity contribution in [1.82, 2.24) is 0 Å². The number of rotatable bonds is 6. The lowest BCUT2D eigenvalue weighted by Gasteiger charge is -2.27. The van der Waals surface area contributed by atoms with Crippen LogP contribution in [0, 0.1) is 0 Å². The van der Waals surface area contributed by atoms with Crippen molar-refractivity contribution in [3.8, 4) is 33.4 Å². The molecule has 12 rings (SSSR count). The third kappa shape index (κ3) is 5.42. The summed E-state index contributed by atoms with van der Waals surface area (Å²) in [5.74, 6) is 0. The van der Waals surface area contributed by atoms with E-state index in [0.717, 1.165) is 50.0 Å². The smallest absolute Gasteiger partial charge is 0.143 e. The van der Waals surface area contributed by atoms with Gasteiger partial charge in [-0.05, 0) is 108 Å². The Kier molecular flexibility index (Phi) is 7.89. The molecule has 0 N–H and O–H groups in total. The minimum Gasteiger partial charge on any atom is -0.455 e. The van der Waals surface area contributed by atoms with Crippen molar-refractivity contribution in [2.75, 3.05) is 4.90 Å². The maximum atomic E-state index is 6.71. The summed E-state index contributed by atoms with van der Waals surface area (Å²) in [6.07, 6.45) is 0. The molecule has 1 heterocycles. The fraction of sp³-hybridized carbons (Fsp3) is 0. The average Bonchev–Trinajstić information content (AvgIpc) is 3.72. The zero-order valence-electron chi connectivity index (χ0n) is 32.7. The van der Waals surface area contributed by atoms with Gasteiger partial charge >= 0.3 is 0 Å². The van der Waals surface area contributed by atoms with Gasteiger partial charge in [0.2, 0.25) is 0 Å². The highest BCUT2D eigenvalue weighted by Crippen LogP contribution is 2.48. The van der Waals surface area contributed by atoms with Crippen molar-refractivity contribution >= 4 is 82.1 Å². The quantitative estimate of drug-likeness (QED) is 0.157.